The highest BCUT2D eigenvalue weighted by atomic mass is 19.4. The highest BCUT2D eigenvalue weighted by Crippen LogP contribution is 2.60. The Morgan fingerprint density at radius 2 is 0.543 bits per heavy atom. The number of aliphatic hydroxyl groups excluding tert-OH is 2. The third-order valence-electron chi connectivity index (χ3n) is 5.47. The Hall–Kier alpha value is -2.64. The van der Waals surface area contributed by atoms with Crippen LogP contribution in [-0.4, -0.2) is 94.5 Å². The summed E-state index contributed by atoms with van der Waals surface area (Å²) in [4.78, 5) is 0. The first-order chi connectivity index (χ1) is 19.9. The van der Waals surface area contributed by atoms with Crippen LogP contribution >= 0.6 is 0 Å². The number of rotatable bonds is 14. The van der Waals surface area contributed by atoms with Crippen LogP contribution in [0.25, 0.3) is 0 Å². The van der Waals surface area contributed by atoms with Gasteiger partial charge < -0.3 is 10.2 Å². The van der Waals surface area contributed by atoms with Gasteiger partial charge in [-0.1, -0.05) is 11.8 Å². The Bertz CT molecular complexity index is 1090. The normalized spacial score (nSPS) is 16.5. The second kappa shape index (κ2) is 12.8. The van der Waals surface area contributed by atoms with Gasteiger partial charge in [0.15, 0.2) is 0 Å². The molecule has 2 N–H and O–H groups in total. The summed E-state index contributed by atoms with van der Waals surface area (Å²) in [6.45, 7) is 0. The first-order valence-electron chi connectivity index (χ1n) is 10.6. The molecule has 0 aliphatic carbocycles. The molecule has 26 heteroatoms. The summed E-state index contributed by atoms with van der Waals surface area (Å²) >= 11 is 0. The van der Waals surface area contributed by atoms with Crippen molar-refractivity contribution in [2.75, 3.05) is 0 Å². The lowest BCUT2D eigenvalue weighted by Crippen LogP contribution is -2.70. The van der Waals surface area contributed by atoms with Crippen molar-refractivity contribution in [3.8, 4) is 23.7 Å². The van der Waals surface area contributed by atoms with E-state index in [0.29, 0.717) is 0 Å². The van der Waals surface area contributed by atoms with Gasteiger partial charge in [0.05, 0.1) is 0 Å². The van der Waals surface area contributed by atoms with Crippen LogP contribution in [0.3, 0.4) is 0 Å². The third kappa shape index (κ3) is 6.43. The predicted octanol–water partition coefficient (Wildman–Crippen LogP) is 7.38. The molecule has 46 heavy (non-hydrogen) atoms. The molecule has 2 nitrogen and oxygen atoms in total. The van der Waals surface area contributed by atoms with Crippen LogP contribution in [0.15, 0.2) is 0 Å². The van der Waals surface area contributed by atoms with Gasteiger partial charge >= 0.3 is 72.1 Å². The minimum atomic E-state index is -8.04. The molecule has 0 rings (SSSR count). The average Bonchev–Trinajstić information content (AvgIpc) is 2.88. The lowest BCUT2D eigenvalue weighted by atomic mass is 9.91. The number of alkyl halides is 24. The van der Waals surface area contributed by atoms with Gasteiger partial charge in [0, 0.05) is 12.8 Å². The Balaban J connectivity index is 6.00. The van der Waals surface area contributed by atoms with Crippen molar-refractivity contribution >= 4 is 0 Å². The molecule has 270 valence electrons. The molecular weight excluding hydrogens is 728 g/mol. The van der Waals surface area contributed by atoms with Crippen LogP contribution in [0.4, 0.5) is 105 Å². The second-order valence-electron chi connectivity index (χ2n) is 8.58. The third-order valence-corrected chi connectivity index (χ3v) is 5.47. The zero-order valence-electron chi connectivity index (χ0n) is 20.7. The van der Waals surface area contributed by atoms with E-state index in [1.807, 2.05) is 0 Å². The predicted molar refractivity (Wildman–Crippen MR) is 98.3 cm³/mol. The fourth-order valence-corrected chi connectivity index (χ4v) is 2.56. The van der Waals surface area contributed by atoms with E-state index in [1.165, 1.54) is 0 Å². The lowest BCUT2D eigenvalue weighted by molar-refractivity contribution is -0.419. The molecule has 0 aromatic rings. The van der Waals surface area contributed by atoms with Crippen molar-refractivity contribution in [2.45, 2.75) is 97.1 Å². The first kappa shape index (κ1) is 43.4. The molecule has 0 heterocycles. The van der Waals surface area contributed by atoms with Crippen molar-refractivity contribution < 1.29 is 116 Å². The summed E-state index contributed by atoms with van der Waals surface area (Å²) in [5.74, 6) is -72.3. The van der Waals surface area contributed by atoms with E-state index in [2.05, 4.69) is 0 Å². The minimum Gasteiger partial charge on any atom is -0.386 e. The molecule has 0 bridgehead atoms. The number of halogens is 24. The average molecular weight is 738 g/mol. The molecule has 2 unspecified atom stereocenters. The number of aliphatic hydroxyl groups is 2. The Morgan fingerprint density at radius 1 is 0.348 bits per heavy atom. The van der Waals surface area contributed by atoms with Gasteiger partial charge in [-0.2, -0.15) is 87.8 Å². The van der Waals surface area contributed by atoms with E-state index in [0.717, 1.165) is 23.7 Å². The van der Waals surface area contributed by atoms with E-state index < -0.39 is 97.1 Å². The van der Waals surface area contributed by atoms with Gasteiger partial charge in [-0.25, -0.2) is 17.6 Å². The van der Waals surface area contributed by atoms with Gasteiger partial charge in [-0.05, 0) is 11.8 Å². The Kier molecular flexibility index (Phi) is 12.0. The summed E-state index contributed by atoms with van der Waals surface area (Å²) in [5, 5.41) is 18.0. The smallest absolute Gasteiger partial charge is 0.384 e. The standard InChI is InChI=1S/C20H10F24O2/c21-9(22)13(29,30)17(37,38)19(41,42)15(33,34)11(25,26)7(45)5-3-1-2-4-6-8(46)12(27,28)16(35,36)20(43,44)18(39,40)14(31,32)10(23)24/h7-10,45-46H,5-6H2. The Labute approximate surface area is 237 Å². The van der Waals surface area contributed by atoms with Crippen LogP contribution in [0.2, 0.25) is 0 Å². The van der Waals surface area contributed by atoms with Crippen molar-refractivity contribution in [3.05, 3.63) is 0 Å². The largest absolute Gasteiger partial charge is 0.386 e. The maximum atomic E-state index is 13.7. The van der Waals surface area contributed by atoms with Crippen molar-refractivity contribution in [3.63, 3.8) is 0 Å². The van der Waals surface area contributed by atoms with Crippen LogP contribution in [-0.2, 0) is 0 Å². The minimum absolute atomic E-state index is 0.938. The molecule has 0 aromatic carbocycles. The van der Waals surface area contributed by atoms with Gasteiger partial charge in [0.1, 0.15) is 12.2 Å². The van der Waals surface area contributed by atoms with E-state index in [-0.39, 0.29) is 0 Å². The van der Waals surface area contributed by atoms with E-state index in [1.54, 1.807) is 0 Å². The molecule has 0 aliphatic rings. The highest BCUT2D eigenvalue weighted by molar-refractivity contribution is 5.27. The summed E-state index contributed by atoms with van der Waals surface area (Å²) in [7, 11) is 0. The fourth-order valence-electron chi connectivity index (χ4n) is 2.56. The molecular formula is C20H10F24O2. The van der Waals surface area contributed by atoms with E-state index in [4.69, 9.17) is 10.2 Å². The van der Waals surface area contributed by atoms with Crippen LogP contribution in [0.1, 0.15) is 12.8 Å². The monoisotopic (exact) mass is 738 g/mol. The molecule has 0 saturated carbocycles. The quantitative estimate of drug-likeness (QED) is 0.144. The zero-order chi connectivity index (χ0) is 37.6. The highest BCUT2D eigenvalue weighted by Gasteiger charge is 2.89. The molecule has 0 aromatic heterocycles. The Morgan fingerprint density at radius 3 is 0.739 bits per heavy atom. The molecule has 0 spiro atoms. The summed E-state index contributed by atoms with van der Waals surface area (Å²) < 4.78 is 314. The van der Waals surface area contributed by atoms with E-state index in [9.17, 15) is 105 Å². The summed E-state index contributed by atoms with van der Waals surface area (Å²) in [6, 6.07) is 0. The van der Waals surface area contributed by atoms with Gasteiger partial charge in [0.2, 0.25) is 0 Å². The fraction of sp³-hybridized carbons (Fsp3) is 0.800. The second-order valence-corrected chi connectivity index (χ2v) is 8.58. The van der Waals surface area contributed by atoms with Crippen molar-refractivity contribution in [1.29, 1.82) is 0 Å². The zero-order valence-corrected chi connectivity index (χ0v) is 20.7. The molecule has 0 fully saturated rings. The topological polar surface area (TPSA) is 40.5 Å². The van der Waals surface area contributed by atoms with Gasteiger partial charge in [-0.15, -0.1) is 0 Å². The molecule has 2 atom stereocenters. The van der Waals surface area contributed by atoms with E-state index >= 15 is 0 Å². The lowest BCUT2D eigenvalue weighted by Gasteiger charge is -2.40. The van der Waals surface area contributed by atoms with Crippen LogP contribution < -0.4 is 0 Å². The van der Waals surface area contributed by atoms with Gasteiger partial charge in [-0.3, -0.25) is 0 Å². The summed E-state index contributed by atoms with van der Waals surface area (Å²) in [5.41, 5.74) is 0. The summed E-state index contributed by atoms with van der Waals surface area (Å²) in [6.07, 6.45) is -25.2. The SMILES string of the molecule is OC(CC#CC#CCC(O)C(F)(F)C(F)(F)C(F)(F)C(F)(F)C(F)(F)C(F)F)C(F)(F)C(F)(F)C(F)(F)C(F)(F)C(F)(F)C(F)F. The van der Waals surface area contributed by atoms with Crippen LogP contribution in [0, 0.1) is 23.7 Å². The van der Waals surface area contributed by atoms with Crippen molar-refractivity contribution in [2.24, 2.45) is 0 Å². The number of hydrogen-bond donors (Lipinski definition) is 2. The molecule has 0 aliphatic heterocycles. The van der Waals surface area contributed by atoms with Crippen LogP contribution in [0.5, 0.6) is 0 Å². The van der Waals surface area contributed by atoms with Gasteiger partial charge in [0.25, 0.3) is 0 Å². The maximum Gasteiger partial charge on any atom is 0.384 e. The van der Waals surface area contributed by atoms with Crippen molar-refractivity contribution in [1.82, 2.24) is 0 Å². The first-order valence-corrected chi connectivity index (χ1v) is 10.6. The molecule has 0 saturated heterocycles. The maximum absolute atomic E-state index is 13.7. The number of hydrogen-bond acceptors (Lipinski definition) is 2. The molecule has 0 amide bonds. The molecule has 0 radical (unpaired) electrons.